The smallest absolute Gasteiger partial charge is 0.124 e. The third-order valence-corrected chi connectivity index (χ3v) is 3.71. The molecule has 94 valence electrons. The maximum Gasteiger partial charge on any atom is 0.124 e. The summed E-state index contributed by atoms with van der Waals surface area (Å²) in [7, 11) is 0. The zero-order valence-electron chi connectivity index (χ0n) is 10.0. The van der Waals surface area contributed by atoms with Gasteiger partial charge in [0.15, 0.2) is 0 Å². The molecule has 0 aliphatic carbocycles. The van der Waals surface area contributed by atoms with Crippen LogP contribution in [0.1, 0.15) is 18.9 Å². The average molecular weight is 301 g/mol. The van der Waals surface area contributed by atoms with Gasteiger partial charge in [0.05, 0.1) is 0 Å². The van der Waals surface area contributed by atoms with E-state index in [4.69, 9.17) is 0 Å². The molecule has 1 aromatic rings. The summed E-state index contributed by atoms with van der Waals surface area (Å²) in [6.07, 6.45) is 1.13. The molecular formula is C13H18BrFN2. The first kappa shape index (κ1) is 13.0. The van der Waals surface area contributed by atoms with Crippen molar-refractivity contribution in [2.24, 2.45) is 0 Å². The molecule has 4 heteroatoms. The molecule has 1 aliphatic rings. The van der Waals surface area contributed by atoms with E-state index < -0.39 is 0 Å². The van der Waals surface area contributed by atoms with Crippen LogP contribution in [0, 0.1) is 5.82 Å². The van der Waals surface area contributed by atoms with Gasteiger partial charge in [-0.1, -0.05) is 22.9 Å². The fraction of sp³-hybridized carbons (Fsp3) is 0.538. The molecule has 1 N–H and O–H groups in total. The van der Waals surface area contributed by atoms with Crippen molar-refractivity contribution in [2.75, 3.05) is 19.6 Å². The van der Waals surface area contributed by atoms with Crippen molar-refractivity contribution < 1.29 is 4.39 Å². The second kappa shape index (κ2) is 5.94. The Morgan fingerprint density at radius 3 is 3.00 bits per heavy atom. The van der Waals surface area contributed by atoms with E-state index in [2.05, 4.69) is 33.1 Å². The molecule has 0 spiro atoms. The number of hydrogen-bond donors (Lipinski definition) is 1. The largest absolute Gasteiger partial charge is 0.314 e. The van der Waals surface area contributed by atoms with Gasteiger partial charge in [-0.25, -0.2) is 4.39 Å². The van der Waals surface area contributed by atoms with Crippen LogP contribution < -0.4 is 5.32 Å². The minimum absolute atomic E-state index is 0.169. The average Bonchev–Trinajstić information content (AvgIpc) is 2.28. The highest BCUT2D eigenvalue weighted by molar-refractivity contribution is 9.10. The van der Waals surface area contributed by atoms with E-state index in [9.17, 15) is 4.39 Å². The highest BCUT2D eigenvalue weighted by atomic mass is 79.9. The van der Waals surface area contributed by atoms with Gasteiger partial charge < -0.3 is 5.32 Å². The van der Waals surface area contributed by atoms with Gasteiger partial charge in [0, 0.05) is 36.7 Å². The van der Waals surface area contributed by atoms with E-state index in [1.807, 2.05) is 6.07 Å². The van der Waals surface area contributed by atoms with Crippen molar-refractivity contribution in [3.63, 3.8) is 0 Å². The van der Waals surface area contributed by atoms with Gasteiger partial charge >= 0.3 is 0 Å². The summed E-state index contributed by atoms with van der Waals surface area (Å²) in [6.45, 7) is 6.12. The lowest BCUT2D eigenvalue weighted by Gasteiger charge is -2.35. The number of nitrogens with zero attached hydrogens (tertiary/aromatic N) is 1. The van der Waals surface area contributed by atoms with Crippen LogP contribution in [0.3, 0.4) is 0 Å². The molecule has 0 saturated carbocycles. The van der Waals surface area contributed by atoms with Gasteiger partial charge in [-0.3, -0.25) is 4.90 Å². The predicted octanol–water partition coefficient (Wildman–Crippen LogP) is 2.77. The lowest BCUT2D eigenvalue weighted by atomic mass is 10.1. The lowest BCUT2D eigenvalue weighted by Crippen LogP contribution is -2.50. The van der Waals surface area contributed by atoms with Crippen LogP contribution >= 0.6 is 15.9 Å². The van der Waals surface area contributed by atoms with Gasteiger partial charge in [-0.15, -0.1) is 0 Å². The number of piperazine rings is 1. The molecule has 1 unspecified atom stereocenters. The molecule has 0 radical (unpaired) electrons. The van der Waals surface area contributed by atoms with Gasteiger partial charge in [-0.2, -0.15) is 0 Å². The van der Waals surface area contributed by atoms with Gasteiger partial charge in [0.1, 0.15) is 5.82 Å². The number of nitrogens with one attached hydrogen (secondary N) is 1. The zero-order valence-corrected chi connectivity index (χ0v) is 11.6. The van der Waals surface area contributed by atoms with Crippen molar-refractivity contribution in [1.29, 1.82) is 0 Å². The highest BCUT2D eigenvalue weighted by Gasteiger charge is 2.20. The molecule has 2 nitrogen and oxygen atoms in total. The van der Waals surface area contributed by atoms with E-state index in [-0.39, 0.29) is 5.82 Å². The quantitative estimate of drug-likeness (QED) is 0.923. The Morgan fingerprint density at radius 1 is 1.47 bits per heavy atom. The Labute approximate surface area is 110 Å². The van der Waals surface area contributed by atoms with E-state index in [0.717, 1.165) is 42.6 Å². The minimum atomic E-state index is -0.169. The van der Waals surface area contributed by atoms with E-state index in [1.54, 1.807) is 6.07 Å². The molecule has 1 saturated heterocycles. The maximum atomic E-state index is 13.3. The molecule has 1 fully saturated rings. The van der Waals surface area contributed by atoms with E-state index in [1.165, 1.54) is 6.07 Å². The maximum absolute atomic E-state index is 13.3. The molecule has 17 heavy (non-hydrogen) atoms. The van der Waals surface area contributed by atoms with Gasteiger partial charge in [-0.05, 0) is 30.2 Å². The second-order valence-electron chi connectivity index (χ2n) is 4.51. The van der Waals surface area contributed by atoms with Crippen molar-refractivity contribution in [1.82, 2.24) is 10.2 Å². The van der Waals surface area contributed by atoms with Crippen LogP contribution in [0.15, 0.2) is 22.7 Å². The molecular weight excluding hydrogens is 283 g/mol. The normalized spacial score (nSPS) is 21.7. The third kappa shape index (κ3) is 3.50. The number of benzene rings is 1. The summed E-state index contributed by atoms with van der Waals surface area (Å²) in [5.74, 6) is -0.169. The Bertz CT molecular complexity index is 363. The summed E-state index contributed by atoms with van der Waals surface area (Å²) >= 11 is 3.34. The van der Waals surface area contributed by atoms with Crippen LogP contribution in [0.4, 0.5) is 4.39 Å². The van der Waals surface area contributed by atoms with Crippen molar-refractivity contribution in [3.05, 3.63) is 34.1 Å². The Hall–Kier alpha value is -0.450. The highest BCUT2D eigenvalue weighted by Crippen LogP contribution is 2.18. The summed E-state index contributed by atoms with van der Waals surface area (Å²) < 4.78 is 14.1. The van der Waals surface area contributed by atoms with Crippen molar-refractivity contribution in [3.8, 4) is 0 Å². The summed E-state index contributed by atoms with van der Waals surface area (Å²) in [4.78, 5) is 2.43. The van der Waals surface area contributed by atoms with Crippen molar-refractivity contribution in [2.45, 2.75) is 25.9 Å². The van der Waals surface area contributed by atoms with Gasteiger partial charge in [0.2, 0.25) is 0 Å². The Morgan fingerprint density at radius 2 is 2.29 bits per heavy atom. The molecule has 0 aromatic heterocycles. The molecule has 1 aromatic carbocycles. The number of rotatable bonds is 3. The molecule has 1 atom stereocenters. The molecule has 0 amide bonds. The first-order chi connectivity index (χ1) is 8.19. The Balaban J connectivity index is 2.08. The summed E-state index contributed by atoms with van der Waals surface area (Å²) in [5.41, 5.74) is 1.04. The fourth-order valence-electron chi connectivity index (χ4n) is 2.35. The van der Waals surface area contributed by atoms with E-state index >= 15 is 0 Å². The van der Waals surface area contributed by atoms with Gasteiger partial charge in [0.25, 0.3) is 0 Å². The van der Waals surface area contributed by atoms with Crippen molar-refractivity contribution >= 4 is 15.9 Å². The van der Waals surface area contributed by atoms with Crippen LogP contribution in [0.2, 0.25) is 0 Å². The zero-order chi connectivity index (χ0) is 12.3. The lowest BCUT2D eigenvalue weighted by molar-refractivity contribution is 0.149. The monoisotopic (exact) mass is 300 g/mol. The third-order valence-electron chi connectivity index (χ3n) is 3.25. The minimum Gasteiger partial charge on any atom is -0.314 e. The SMILES string of the molecule is CCC1CNCCN1Cc1cc(F)cc(Br)c1. The topological polar surface area (TPSA) is 15.3 Å². The summed E-state index contributed by atoms with van der Waals surface area (Å²) in [5, 5.41) is 3.40. The molecule has 0 bridgehead atoms. The van der Waals surface area contributed by atoms with Crippen LogP contribution in [0.5, 0.6) is 0 Å². The molecule has 2 rings (SSSR count). The molecule has 1 aliphatic heterocycles. The predicted molar refractivity (Wildman–Crippen MR) is 71.5 cm³/mol. The van der Waals surface area contributed by atoms with Crippen LogP contribution in [-0.2, 0) is 6.54 Å². The first-order valence-electron chi connectivity index (χ1n) is 6.08. The van der Waals surface area contributed by atoms with Crippen LogP contribution in [-0.4, -0.2) is 30.6 Å². The number of halogens is 2. The van der Waals surface area contributed by atoms with Crippen LogP contribution in [0.25, 0.3) is 0 Å². The molecule has 1 heterocycles. The van der Waals surface area contributed by atoms with E-state index in [0.29, 0.717) is 6.04 Å². The standard InChI is InChI=1S/C13H18BrFN2/c1-2-13-8-16-3-4-17(13)9-10-5-11(14)7-12(15)6-10/h5-7,13,16H,2-4,8-9H2,1H3. The first-order valence-corrected chi connectivity index (χ1v) is 6.88. The number of hydrogen-bond acceptors (Lipinski definition) is 2. The summed E-state index contributed by atoms with van der Waals surface area (Å²) in [6, 6.07) is 5.68. The Kier molecular flexibility index (Phi) is 4.54. The second-order valence-corrected chi connectivity index (χ2v) is 5.43. The fourth-order valence-corrected chi connectivity index (χ4v) is 2.86.